The van der Waals surface area contributed by atoms with Crippen molar-refractivity contribution in [2.45, 2.75) is 6.92 Å². The molecule has 0 saturated carbocycles. The number of aromatic carboxylic acids is 3. The van der Waals surface area contributed by atoms with Crippen LogP contribution >= 0.6 is 0 Å². The van der Waals surface area contributed by atoms with Crippen LogP contribution in [0, 0.1) is 17.0 Å². The molecule has 0 spiro atoms. The van der Waals surface area contributed by atoms with Gasteiger partial charge in [-0.3, -0.25) is 10.1 Å². The van der Waals surface area contributed by atoms with Crippen LogP contribution in [0.2, 0.25) is 0 Å². The van der Waals surface area contributed by atoms with Crippen molar-refractivity contribution in [2.24, 2.45) is 0 Å². The molecule has 0 bridgehead atoms. The lowest BCUT2D eigenvalue weighted by molar-refractivity contribution is -0.385. The molecule has 2 heterocycles. The lowest BCUT2D eigenvalue weighted by atomic mass is 10.0. The standard InChI is InChI=1S/C16H11N3O4.C9H8O4/c20-16(21)12-8-14(11-4-2-1-3-5-11)18(10-12)15-7-6-13(9-17-15)19(22)23;1-5-6(8(10)11)3-2-4-7(5)9(12)13/h1-10H,(H,20,21);2-4H,1H3,(H,10,11)(H,12,13). The van der Waals surface area contributed by atoms with E-state index in [1.54, 1.807) is 10.6 Å². The highest BCUT2D eigenvalue weighted by molar-refractivity contribution is 5.96. The molecule has 4 aromatic rings. The number of carboxylic acids is 3. The molecule has 3 N–H and O–H groups in total. The first-order valence-electron chi connectivity index (χ1n) is 10.3. The van der Waals surface area contributed by atoms with Gasteiger partial charge in [0.1, 0.15) is 12.0 Å². The summed E-state index contributed by atoms with van der Waals surface area (Å²) in [6.45, 7) is 1.48. The van der Waals surface area contributed by atoms with Crippen molar-refractivity contribution in [3.63, 3.8) is 0 Å². The Kier molecular flexibility index (Phi) is 7.55. The molecule has 0 amide bonds. The molecule has 0 fully saturated rings. The molecule has 0 saturated heterocycles. The van der Waals surface area contributed by atoms with E-state index in [9.17, 15) is 29.6 Å². The van der Waals surface area contributed by atoms with Crippen LogP contribution in [-0.2, 0) is 0 Å². The normalized spacial score (nSPS) is 10.1. The number of nitro groups is 1. The van der Waals surface area contributed by atoms with Crippen molar-refractivity contribution in [3.8, 4) is 17.1 Å². The van der Waals surface area contributed by atoms with Gasteiger partial charge in [-0.25, -0.2) is 19.4 Å². The number of rotatable bonds is 6. The quantitative estimate of drug-likeness (QED) is 0.259. The molecule has 0 aliphatic carbocycles. The van der Waals surface area contributed by atoms with Gasteiger partial charge in [0.2, 0.25) is 0 Å². The second-order valence-electron chi connectivity index (χ2n) is 7.38. The van der Waals surface area contributed by atoms with Crippen molar-refractivity contribution in [1.82, 2.24) is 9.55 Å². The third kappa shape index (κ3) is 5.59. The van der Waals surface area contributed by atoms with Crippen LogP contribution in [0.15, 0.2) is 79.1 Å². The minimum atomic E-state index is -1.11. The number of carboxylic acid groups (broad SMARTS) is 3. The van der Waals surface area contributed by atoms with Crippen molar-refractivity contribution in [1.29, 1.82) is 0 Å². The number of benzene rings is 2. The Balaban J connectivity index is 0.000000236. The largest absolute Gasteiger partial charge is 0.478 e. The fourth-order valence-electron chi connectivity index (χ4n) is 3.33. The van der Waals surface area contributed by atoms with Crippen LogP contribution in [0.1, 0.15) is 36.6 Å². The molecule has 182 valence electrons. The summed E-state index contributed by atoms with van der Waals surface area (Å²) < 4.78 is 1.60. The smallest absolute Gasteiger partial charge is 0.337 e. The van der Waals surface area contributed by atoms with Crippen LogP contribution in [-0.4, -0.2) is 47.7 Å². The zero-order valence-corrected chi connectivity index (χ0v) is 18.7. The number of aromatic nitrogens is 2. The lowest BCUT2D eigenvalue weighted by Crippen LogP contribution is -2.06. The SMILES string of the molecule is Cc1c(C(=O)O)cccc1C(=O)O.O=C(O)c1cc(-c2ccccc2)n(-c2ccc([N+](=O)[O-])cn2)c1. The van der Waals surface area contributed by atoms with Gasteiger partial charge < -0.3 is 19.9 Å². The number of carbonyl (C=O) groups is 3. The van der Waals surface area contributed by atoms with E-state index >= 15 is 0 Å². The number of hydrogen-bond acceptors (Lipinski definition) is 6. The van der Waals surface area contributed by atoms with Crippen molar-refractivity contribution >= 4 is 23.6 Å². The zero-order valence-electron chi connectivity index (χ0n) is 18.7. The molecule has 0 aliphatic rings. The highest BCUT2D eigenvalue weighted by atomic mass is 16.6. The molecule has 2 aromatic heterocycles. The summed E-state index contributed by atoms with van der Waals surface area (Å²) in [4.78, 5) is 46.7. The zero-order chi connectivity index (χ0) is 26.4. The molecule has 4 rings (SSSR count). The Labute approximate surface area is 203 Å². The molecular formula is C25H19N3O8. The van der Waals surface area contributed by atoms with E-state index in [0.717, 1.165) is 11.8 Å². The van der Waals surface area contributed by atoms with Gasteiger partial charge in [0.05, 0.1) is 27.3 Å². The fraction of sp³-hybridized carbons (Fsp3) is 0.0400. The summed E-state index contributed by atoms with van der Waals surface area (Å²) in [7, 11) is 0. The lowest BCUT2D eigenvalue weighted by Gasteiger charge is -2.08. The second kappa shape index (κ2) is 10.7. The van der Waals surface area contributed by atoms with Gasteiger partial charge in [0.25, 0.3) is 5.69 Å². The summed E-state index contributed by atoms with van der Waals surface area (Å²) in [6.07, 6.45) is 2.59. The Hall–Kier alpha value is -5.32. The van der Waals surface area contributed by atoms with Crippen molar-refractivity contribution in [2.75, 3.05) is 0 Å². The Morgan fingerprint density at radius 3 is 1.94 bits per heavy atom. The minimum Gasteiger partial charge on any atom is -0.478 e. The summed E-state index contributed by atoms with van der Waals surface area (Å²) in [5.41, 5.74) is 1.79. The van der Waals surface area contributed by atoms with E-state index in [4.69, 9.17) is 10.2 Å². The first-order valence-corrected chi connectivity index (χ1v) is 10.3. The number of hydrogen-bond donors (Lipinski definition) is 3. The van der Waals surface area contributed by atoms with Crippen LogP contribution in [0.5, 0.6) is 0 Å². The molecule has 0 aliphatic heterocycles. The van der Waals surface area contributed by atoms with E-state index in [1.807, 2.05) is 30.3 Å². The second-order valence-corrected chi connectivity index (χ2v) is 7.38. The number of nitrogens with zero attached hydrogens (tertiary/aromatic N) is 3. The van der Waals surface area contributed by atoms with Gasteiger partial charge in [0, 0.05) is 12.3 Å². The molecule has 0 atom stereocenters. The highest BCUT2D eigenvalue weighted by Crippen LogP contribution is 2.26. The Bertz CT molecular complexity index is 1410. The van der Waals surface area contributed by atoms with E-state index in [-0.39, 0.29) is 27.9 Å². The van der Waals surface area contributed by atoms with E-state index < -0.39 is 22.8 Å². The van der Waals surface area contributed by atoms with Gasteiger partial charge in [-0.05, 0) is 42.3 Å². The maximum Gasteiger partial charge on any atom is 0.337 e. The van der Waals surface area contributed by atoms with Crippen molar-refractivity contribution < 1.29 is 34.6 Å². The average Bonchev–Trinajstić information content (AvgIpc) is 3.31. The molecule has 11 heteroatoms. The maximum atomic E-state index is 11.2. The van der Waals surface area contributed by atoms with Crippen LogP contribution < -0.4 is 0 Å². The number of pyridine rings is 1. The first kappa shape index (κ1) is 25.3. The summed E-state index contributed by atoms with van der Waals surface area (Å²) in [6, 6.07) is 17.8. The summed E-state index contributed by atoms with van der Waals surface area (Å²) in [5.74, 6) is -2.87. The topological polar surface area (TPSA) is 173 Å². The summed E-state index contributed by atoms with van der Waals surface area (Å²) >= 11 is 0. The third-order valence-electron chi connectivity index (χ3n) is 5.12. The fourth-order valence-corrected chi connectivity index (χ4v) is 3.33. The molecule has 2 aromatic carbocycles. The highest BCUT2D eigenvalue weighted by Gasteiger charge is 2.16. The van der Waals surface area contributed by atoms with Gasteiger partial charge in [0.15, 0.2) is 0 Å². The van der Waals surface area contributed by atoms with Crippen LogP contribution in [0.25, 0.3) is 17.1 Å². The van der Waals surface area contributed by atoms with Gasteiger partial charge in [-0.15, -0.1) is 0 Å². The molecular weight excluding hydrogens is 470 g/mol. The molecule has 0 radical (unpaired) electrons. The molecule has 0 unspecified atom stereocenters. The summed E-state index contributed by atoms with van der Waals surface area (Å²) in [5, 5.41) is 37.3. The van der Waals surface area contributed by atoms with Crippen LogP contribution in [0.4, 0.5) is 5.69 Å². The molecule has 36 heavy (non-hydrogen) atoms. The maximum absolute atomic E-state index is 11.2. The third-order valence-corrected chi connectivity index (χ3v) is 5.12. The monoisotopic (exact) mass is 489 g/mol. The van der Waals surface area contributed by atoms with Crippen LogP contribution in [0.3, 0.4) is 0 Å². The average molecular weight is 489 g/mol. The Morgan fingerprint density at radius 2 is 1.47 bits per heavy atom. The van der Waals surface area contributed by atoms with E-state index in [2.05, 4.69) is 4.98 Å². The first-order chi connectivity index (χ1) is 17.1. The van der Waals surface area contributed by atoms with E-state index in [0.29, 0.717) is 11.5 Å². The predicted molar refractivity (Wildman–Crippen MR) is 128 cm³/mol. The van der Waals surface area contributed by atoms with Gasteiger partial charge in [-0.2, -0.15) is 0 Å². The molecule has 11 nitrogen and oxygen atoms in total. The Morgan fingerprint density at radius 1 is 0.861 bits per heavy atom. The van der Waals surface area contributed by atoms with Gasteiger partial charge >= 0.3 is 17.9 Å². The van der Waals surface area contributed by atoms with E-state index in [1.165, 1.54) is 43.5 Å². The predicted octanol–water partition coefficient (Wildman–Crippen LogP) is 4.54. The minimum absolute atomic E-state index is 0.0277. The van der Waals surface area contributed by atoms with Crippen molar-refractivity contribution in [3.05, 3.63) is 111 Å². The van der Waals surface area contributed by atoms with Gasteiger partial charge in [-0.1, -0.05) is 36.4 Å².